The van der Waals surface area contributed by atoms with Gasteiger partial charge in [-0.05, 0) is 24.6 Å². The van der Waals surface area contributed by atoms with Crippen molar-refractivity contribution < 1.29 is 5.11 Å². The van der Waals surface area contributed by atoms with E-state index >= 15 is 0 Å². The zero-order valence-electron chi connectivity index (χ0n) is 9.05. The number of hydrogen-bond acceptors (Lipinski definition) is 2. The van der Waals surface area contributed by atoms with Crippen LogP contribution in [0.5, 0.6) is 5.75 Å². The van der Waals surface area contributed by atoms with Crippen LogP contribution in [-0.2, 0) is 0 Å². The van der Waals surface area contributed by atoms with Crippen molar-refractivity contribution in [2.75, 3.05) is 0 Å². The standard InChI is InChI=1S/C14H13NO/c1-11-6-8-13(9-7-11)15-10-12-4-2-3-5-14(12)16/h2-10,16H,1H3/p-1. The maximum absolute atomic E-state index is 11.4. The van der Waals surface area contributed by atoms with Gasteiger partial charge < -0.3 is 5.11 Å². The lowest BCUT2D eigenvalue weighted by atomic mass is 10.2. The summed E-state index contributed by atoms with van der Waals surface area (Å²) in [7, 11) is 0. The second-order valence-electron chi connectivity index (χ2n) is 3.63. The fourth-order valence-electron chi connectivity index (χ4n) is 1.36. The quantitative estimate of drug-likeness (QED) is 0.702. The van der Waals surface area contributed by atoms with Crippen molar-refractivity contribution in [3.63, 3.8) is 0 Å². The van der Waals surface area contributed by atoms with E-state index in [1.807, 2.05) is 37.3 Å². The molecule has 2 heteroatoms. The van der Waals surface area contributed by atoms with Crippen LogP contribution in [0.15, 0.2) is 53.5 Å². The molecule has 0 amide bonds. The molecular weight excluding hydrogens is 198 g/mol. The van der Waals surface area contributed by atoms with Crippen molar-refractivity contribution in [3.05, 3.63) is 59.7 Å². The van der Waals surface area contributed by atoms with E-state index in [0.717, 1.165) is 5.69 Å². The molecule has 0 saturated carbocycles. The van der Waals surface area contributed by atoms with Gasteiger partial charge in [0.15, 0.2) is 0 Å². The first-order chi connectivity index (χ1) is 7.75. The highest BCUT2D eigenvalue weighted by atomic mass is 16.3. The molecule has 0 aliphatic heterocycles. The van der Waals surface area contributed by atoms with Gasteiger partial charge in [-0.3, -0.25) is 4.99 Å². The molecule has 2 aromatic rings. The van der Waals surface area contributed by atoms with Crippen LogP contribution in [0.1, 0.15) is 11.1 Å². The van der Waals surface area contributed by atoms with Crippen molar-refractivity contribution >= 4 is 11.9 Å². The molecule has 0 N–H and O–H groups in total. The predicted octanol–water partition coefficient (Wildman–Crippen LogP) is 2.82. The molecule has 0 bridgehead atoms. The van der Waals surface area contributed by atoms with Gasteiger partial charge in [-0.25, -0.2) is 0 Å². The Kier molecular flexibility index (Phi) is 3.01. The molecule has 2 nitrogen and oxygen atoms in total. The third-order valence-corrected chi connectivity index (χ3v) is 2.31. The molecule has 0 aliphatic carbocycles. The highest BCUT2D eigenvalue weighted by molar-refractivity contribution is 5.84. The maximum Gasteiger partial charge on any atom is 0.0630 e. The summed E-state index contributed by atoms with van der Waals surface area (Å²) in [6.07, 6.45) is 1.60. The fourth-order valence-corrected chi connectivity index (χ4v) is 1.36. The number of rotatable bonds is 2. The Morgan fingerprint density at radius 1 is 1.00 bits per heavy atom. The van der Waals surface area contributed by atoms with Gasteiger partial charge in [0.2, 0.25) is 0 Å². The number of benzene rings is 2. The highest BCUT2D eigenvalue weighted by Crippen LogP contribution is 2.14. The average molecular weight is 210 g/mol. The summed E-state index contributed by atoms with van der Waals surface area (Å²) in [5.41, 5.74) is 2.67. The van der Waals surface area contributed by atoms with Gasteiger partial charge in [-0.1, -0.05) is 42.0 Å². The predicted molar refractivity (Wildman–Crippen MR) is 64.3 cm³/mol. The van der Waals surface area contributed by atoms with Crippen LogP contribution in [-0.4, -0.2) is 6.21 Å². The van der Waals surface area contributed by atoms with Crippen LogP contribution in [0.2, 0.25) is 0 Å². The van der Waals surface area contributed by atoms with Crippen LogP contribution < -0.4 is 5.11 Å². The van der Waals surface area contributed by atoms with E-state index in [2.05, 4.69) is 4.99 Å². The first-order valence-electron chi connectivity index (χ1n) is 5.12. The molecule has 2 aromatic carbocycles. The van der Waals surface area contributed by atoms with Gasteiger partial charge in [0.05, 0.1) is 5.69 Å². The molecule has 0 unspecified atom stereocenters. The highest BCUT2D eigenvalue weighted by Gasteiger charge is 1.89. The lowest BCUT2D eigenvalue weighted by molar-refractivity contribution is -0.268. The number of para-hydroxylation sites is 1. The molecule has 0 aromatic heterocycles. The third kappa shape index (κ3) is 2.48. The van der Waals surface area contributed by atoms with Gasteiger partial charge in [0.1, 0.15) is 0 Å². The summed E-state index contributed by atoms with van der Waals surface area (Å²) in [5, 5.41) is 11.4. The average Bonchev–Trinajstić information content (AvgIpc) is 2.30. The first kappa shape index (κ1) is 10.4. The van der Waals surface area contributed by atoms with E-state index in [1.165, 1.54) is 11.6 Å². The Bertz CT molecular complexity index is 500. The van der Waals surface area contributed by atoms with Crippen molar-refractivity contribution in [1.82, 2.24) is 0 Å². The normalized spacial score (nSPS) is 10.8. The Hall–Kier alpha value is -2.09. The SMILES string of the molecule is Cc1ccc(N=Cc2ccccc2[O-])cc1. The summed E-state index contributed by atoms with van der Waals surface area (Å²) in [6.45, 7) is 2.03. The van der Waals surface area contributed by atoms with Crippen molar-refractivity contribution in [2.45, 2.75) is 6.92 Å². The molecule has 16 heavy (non-hydrogen) atoms. The monoisotopic (exact) mass is 210 g/mol. The number of aryl methyl sites for hydroxylation is 1. The van der Waals surface area contributed by atoms with Gasteiger partial charge in [0.25, 0.3) is 0 Å². The molecule has 0 radical (unpaired) electrons. The van der Waals surface area contributed by atoms with E-state index in [-0.39, 0.29) is 5.75 Å². The summed E-state index contributed by atoms with van der Waals surface area (Å²) in [4.78, 5) is 4.25. The van der Waals surface area contributed by atoms with Crippen molar-refractivity contribution in [1.29, 1.82) is 0 Å². The molecule has 0 spiro atoms. The second-order valence-corrected chi connectivity index (χ2v) is 3.63. The number of nitrogens with zero attached hydrogens (tertiary/aromatic N) is 1. The summed E-state index contributed by atoms with van der Waals surface area (Å²) >= 11 is 0. The zero-order valence-corrected chi connectivity index (χ0v) is 9.05. The minimum atomic E-state index is -0.00152. The molecule has 80 valence electrons. The minimum absolute atomic E-state index is 0.00152. The largest absolute Gasteiger partial charge is 0.872 e. The minimum Gasteiger partial charge on any atom is -0.872 e. The molecule has 0 heterocycles. The summed E-state index contributed by atoms with van der Waals surface area (Å²) in [6, 6.07) is 14.7. The molecule has 0 saturated heterocycles. The van der Waals surface area contributed by atoms with Crippen LogP contribution in [0.25, 0.3) is 0 Å². The summed E-state index contributed by atoms with van der Waals surface area (Å²) < 4.78 is 0. The zero-order chi connectivity index (χ0) is 11.4. The van der Waals surface area contributed by atoms with Gasteiger partial charge in [0, 0.05) is 6.21 Å². The molecule has 2 rings (SSSR count). The number of hydrogen-bond donors (Lipinski definition) is 0. The second kappa shape index (κ2) is 4.62. The van der Waals surface area contributed by atoms with E-state index in [1.54, 1.807) is 18.3 Å². The smallest absolute Gasteiger partial charge is 0.0630 e. The van der Waals surface area contributed by atoms with E-state index in [9.17, 15) is 5.11 Å². The lowest BCUT2D eigenvalue weighted by Gasteiger charge is -2.07. The Morgan fingerprint density at radius 3 is 2.38 bits per heavy atom. The van der Waals surface area contributed by atoms with Crippen LogP contribution >= 0.6 is 0 Å². The van der Waals surface area contributed by atoms with E-state index in [4.69, 9.17) is 0 Å². The summed E-state index contributed by atoms with van der Waals surface area (Å²) in [5.74, 6) is -0.00152. The van der Waals surface area contributed by atoms with Gasteiger partial charge in [-0.15, -0.1) is 5.75 Å². The molecular formula is C14H12NO-. The van der Waals surface area contributed by atoms with Crippen LogP contribution in [0.4, 0.5) is 5.69 Å². The third-order valence-electron chi connectivity index (χ3n) is 2.31. The van der Waals surface area contributed by atoms with Gasteiger partial charge in [-0.2, -0.15) is 0 Å². The number of aliphatic imine (C=N–C) groups is 1. The Morgan fingerprint density at radius 2 is 1.69 bits per heavy atom. The Labute approximate surface area is 94.9 Å². The van der Waals surface area contributed by atoms with Crippen molar-refractivity contribution in [3.8, 4) is 5.75 Å². The van der Waals surface area contributed by atoms with Crippen molar-refractivity contribution in [2.24, 2.45) is 4.99 Å². The van der Waals surface area contributed by atoms with E-state index < -0.39 is 0 Å². The topological polar surface area (TPSA) is 35.4 Å². The molecule has 0 aliphatic rings. The Balaban J connectivity index is 2.21. The first-order valence-corrected chi connectivity index (χ1v) is 5.12. The molecule has 0 atom stereocenters. The maximum atomic E-state index is 11.4. The lowest BCUT2D eigenvalue weighted by Crippen LogP contribution is -1.94. The fraction of sp³-hybridized carbons (Fsp3) is 0.0714. The van der Waals surface area contributed by atoms with Crippen LogP contribution in [0.3, 0.4) is 0 Å². The molecule has 0 fully saturated rings. The van der Waals surface area contributed by atoms with Crippen LogP contribution in [0, 0.1) is 6.92 Å². The van der Waals surface area contributed by atoms with Gasteiger partial charge >= 0.3 is 0 Å². The van der Waals surface area contributed by atoms with E-state index in [0.29, 0.717) is 5.56 Å².